The lowest BCUT2D eigenvalue weighted by atomic mass is 10.1. The maximum absolute atomic E-state index is 11.6. The van der Waals surface area contributed by atoms with Gasteiger partial charge in [0.25, 0.3) is 0 Å². The quantitative estimate of drug-likeness (QED) is 0.656. The number of carbonyl (C=O) groups excluding carboxylic acids is 2. The molecule has 1 amide bonds. The number of nitrogens with one attached hydrogen (secondary N) is 1. The molecule has 108 valence electrons. The van der Waals surface area contributed by atoms with Crippen LogP contribution in [0.3, 0.4) is 0 Å². The third-order valence-corrected chi connectivity index (χ3v) is 2.17. The van der Waals surface area contributed by atoms with E-state index < -0.39 is 11.7 Å². The second kappa shape index (κ2) is 6.23. The number of benzene rings is 1. The number of phenols is 1. The van der Waals surface area contributed by atoms with Crippen molar-refractivity contribution in [2.75, 3.05) is 5.32 Å². The van der Waals surface area contributed by atoms with Crippen molar-refractivity contribution >= 4 is 23.6 Å². The van der Waals surface area contributed by atoms with Gasteiger partial charge in [-0.25, -0.2) is 4.79 Å². The summed E-state index contributed by atoms with van der Waals surface area (Å²) in [6.07, 6.45) is 2.34. The van der Waals surface area contributed by atoms with Gasteiger partial charge in [-0.3, -0.25) is 10.1 Å². The van der Waals surface area contributed by atoms with Gasteiger partial charge in [-0.05, 0) is 51.5 Å². The van der Waals surface area contributed by atoms with Crippen molar-refractivity contribution in [3.63, 3.8) is 0 Å². The Hall–Kier alpha value is -2.30. The van der Waals surface area contributed by atoms with Gasteiger partial charge in [0, 0.05) is 0 Å². The average molecular weight is 277 g/mol. The summed E-state index contributed by atoms with van der Waals surface area (Å²) in [4.78, 5) is 22.4. The Kier molecular flexibility index (Phi) is 4.91. The highest BCUT2D eigenvalue weighted by atomic mass is 16.6. The number of amides is 1. The first kappa shape index (κ1) is 15.8. The zero-order valence-corrected chi connectivity index (χ0v) is 12.1. The highest BCUT2D eigenvalue weighted by molar-refractivity contribution is 5.92. The second-order valence-electron chi connectivity index (χ2n) is 5.35. The molecule has 1 rings (SSSR count). The van der Waals surface area contributed by atoms with Crippen LogP contribution in [0, 0.1) is 0 Å². The van der Waals surface area contributed by atoms with Gasteiger partial charge in [-0.15, -0.1) is 0 Å². The minimum absolute atomic E-state index is 0.0829. The molecule has 0 atom stereocenters. The number of rotatable bonds is 3. The van der Waals surface area contributed by atoms with Gasteiger partial charge in [-0.2, -0.15) is 0 Å². The first-order valence-corrected chi connectivity index (χ1v) is 6.19. The highest BCUT2D eigenvalue weighted by Gasteiger charge is 2.17. The van der Waals surface area contributed by atoms with Crippen molar-refractivity contribution in [3.05, 3.63) is 29.8 Å². The summed E-state index contributed by atoms with van der Waals surface area (Å²) in [5, 5.41) is 12.3. The number of phenolic OH excluding ortho intramolecular Hbond substituents is 1. The molecule has 0 aliphatic heterocycles. The summed E-state index contributed by atoms with van der Waals surface area (Å²) in [5.74, 6) is -0.179. The van der Waals surface area contributed by atoms with Crippen molar-refractivity contribution in [1.82, 2.24) is 0 Å². The molecule has 0 bridgehead atoms. The number of allylic oxidation sites excluding steroid dienone is 1. The molecule has 5 nitrogen and oxygen atoms in total. The predicted molar refractivity (Wildman–Crippen MR) is 77.7 cm³/mol. The smallest absolute Gasteiger partial charge is 0.412 e. The van der Waals surface area contributed by atoms with Crippen LogP contribution in [-0.2, 0) is 9.53 Å². The molecule has 0 saturated heterocycles. The number of hydrogen-bond acceptors (Lipinski definition) is 4. The van der Waals surface area contributed by atoms with Gasteiger partial charge >= 0.3 is 6.09 Å². The summed E-state index contributed by atoms with van der Waals surface area (Å²) in [6, 6.07) is 4.66. The summed E-state index contributed by atoms with van der Waals surface area (Å²) >= 11 is 0. The van der Waals surface area contributed by atoms with Gasteiger partial charge in [0.15, 0.2) is 5.78 Å². The lowest BCUT2D eigenvalue weighted by molar-refractivity contribution is -0.112. The van der Waals surface area contributed by atoms with E-state index in [9.17, 15) is 14.7 Å². The van der Waals surface area contributed by atoms with E-state index in [1.807, 2.05) is 0 Å². The molecule has 1 aromatic carbocycles. The number of hydrogen-bond donors (Lipinski definition) is 2. The first-order valence-electron chi connectivity index (χ1n) is 6.19. The molecule has 0 unspecified atom stereocenters. The van der Waals surface area contributed by atoms with E-state index in [0.29, 0.717) is 5.56 Å². The monoisotopic (exact) mass is 277 g/mol. The third kappa shape index (κ3) is 5.56. The fourth-order valence-corrected chi connectivity index (χ4v) is 1.39. The number of carbonyl (C=O) groups is 2. The molecule has 0 aliphatic carbocycles. The minimum Gasteiger partial charge on any atom is -0.506 e. The number of anilines is 1. The summed E-state index contributed by atoms with van der Waals surface area (Å²) in [7, 11) is 0. The van der Waals surface area contributed by atoms with Crippen LogP contribution < -0.4 is 5.32 Å². The zero-order chi connectivity index (χ0) is 15.3. The van der Waals surface area contributed by atoms with Gasteiger partial charge in [0.05, 0.1) is 5.69 Å². The van der Waals surface area contributed by atoms with E-state index in [1.165, 1.54) is 19.1 Å². The zero-order valence-electron chi connectivity index (χ0n) is 12.1. The van der Waals surface area contributed by atoms with Gasteiger partial charge < -0.3 is 9.84 Å². The van der Waals surface area contributed by atoms with Gasteiger partial charge in [0.1, 0.15) is 11.4 Å². The topological polar surface area (TPSA) is 75.6 Å². The van der Waals surface area contributed by atoms with Crippen molar-refractivity contribution in [3.8, 4) is 5.75 Å². The second-order valence-corrected chi connectivity index (χ2v) is 5.35. The summed E-state index contributed by atoms with van der Waals surface area (Å²) in [5.41, 5.74) is 0.302. The first-order chi connectivity index (χ1) is 9.17. The van der Waals surface area contributed by atoms with E-state index in [-0.39, 0.29) is 17.2 Å². The highest BCUT2D eigenvalue weighted by Crippen LogP contribution is 2.25. The van der Waals surface area contributed by atoms with Crippen LogP contribution in [0.4, 0.5) is 10.5 Å². The Bertz CT molecular complexity index is 541. The molecule has 0 aliphatic rings. The fourth-order valence-electron chi connectivity index (χ4n) is 1.39. The van der Waals surface area contributed by atoms with Crippen LogP contribution >= 0.6 is 0 Å². The van der Waals surface area contributed by atoms with Crippen molar-refractivity contribution in [1.29, 1.82) is 0 Å². The molecular formula is C15H19NO4. The predicted octanol–water partition coefficient (Wildman–Crippen LogP) is 3.34. The van der Waals surface area contributed by atoms with Crippen molar-refractivity contribution in [2.45, 2.75) is 33.3 Å². The molecule has 5 heteroatoms. The van der Waals surface area contributed by atoms with Crippen molar-refractivity contribution in [2.24, 2.45) is 0 Å². The van der Waals surface area contributed by atoms with Crippen LogP contribution in [0.1, 0.15) is 33.3 Å². The maximum atomic E-state index is 11.6. The Balaban J connectivity index is 2.78. The maximum Gasteiger partial charge on any atom is 0.412 e. The molecule has 0 radical (unpaired) electrons. The molecule has 20 heavy (non-hydrogen) atoms. The van der Waals surface area contributed by atoms with Crippen LogP contribution in [0.15, 0.2) is 24.3 Å². The Labute approximate surface area is 118 Å². The van der Waals surface area contributed by atoms with E-state index in [1.54, 1.807) is 39.0 Å². The SMILES string of the molecule is CC(=O)/C=C/c1ccc(NC(=O)OC(C)(C)C)c(O)c1. The molecule has 0 aromatic heterocycles. The van der Waals surface area contributed by atoms with Crippen LogP contribution in [0.2, 0.25) is 0 Å². The summed E-state index contributed by atoms with van der Waals surface area (Å²) < 4.78 is 5.09. The van der Waals surface area contributed by atoms with Crippen LogP contribution in [0.25, 0.3) is 6.08 Å². The lowest BCUT2D eigenvalue weighted by Gasteiger charge is -2.20. The largest absolute Gasteiger partial charge is 0.506 e. The van der Waals surface area contributed by atoms with Crippen molar-refractivity contribution < 1.29 is 19.4 Å². The van der Waals surface area contributed by atoms with Gasteiger partial charge in [0.2, 0.25) is 0 Å². The number of ether oxygens (including phenoxy) is 1. The van der Waals surface area contributed by atoms with E-state index in [0.717, 1.165) is 0 Å². The number of ketones is 1. The van der Waals surface area contributed by atoms with E-state index >= 15 is 0 Å². The Morgan fingerprint density at radius 1 is 1.30 bits per heavy atom. The average Bonchev–Trinajstić information content (AvgIpc) is 2.27. The lowest BCUT2D eigenvalue weighted by Crippen LogP contribution is -2.27. The standard InChI is InChI=1S/C15H19NO4/c1-10(17)5-6-11-7-8-12(13(18)9-11)16-14(19)20-15(2,3)4/h5-9,18H,1-4H3,(H,16,19)/b6-5+. The molecule has 0 fully saturated rings. The third-order valence-electron chi connectivity index (χ3n) is 2.17. The molecule has 2 N–H and O–H groups in total. The molecular weight excluding hydrogens is 258 g/mol. The number of aromatic hydroxyl groups is 1. The molecule has 0 spiro atoms. The van der Waals surface area contributed by atoms with Crippen LogP contribution in [0.5, 0.6) is 5.75 Å². The molecule has 0 heterocycles. The molecule has 1 aromatic rings. The Morgan fingerprint density at radius 2 is 1.95 bits per heavy atom. The van der Waals surface area contributed by atoms with Gasteiger partial charge in [-0.1, -0.05) is 12.1 Å². The van der Waals surface area contributed by atoms with Crippen LogP contribution in [-0.4, -0.2) is 22.6 Å². The van der Waals surface area contributed by atoms with E-state index in [2.05, 4.69) is 5.32 Å². The minimum atomic E-state index is -0.639. The Morgan fingerprint density at radius 3 is 2.45 bits per heavy atom. The molecule has 0 saturated carbocycles. The normalized spacial score (nSPS) is 11.4. The fraction of sp³-hybridized carbons (Fsp3) is 0.333. The summed E-state index contributed by atoms with van der Waals surface area (Å²) in [6.45, 7) is 6.70. The van der Waals surface area contributed by atoms with E-state index in [4.69, 9.17) is 4.74 Å².